The second-order valence-electron chi connectivity index (χ2n) is 27.7. The molecule has 0 bridgehead atoms. The number of benzene rings is 7. The Labute approximate surface area is 550 Å². The maximum atomic E-state index is 13.3. The van der Waals surface area contributed by atoms with Gasteiger partial charge in [0.15, 0.2) is 0 Å². The molecule has 10 aromatic rings. The highest BCUT2D eigenvalue weighted by Crippen LogP contribution is 2.31. The first kappa shape index (κ1) is 65.8. The van der Waals surface area contributed by atoms with Gasteiger partial charge in [-0.15, -0.1) is 0 Å². The fourth-order valence-corrected chi connectivity index (χ4v) is 14.4. The van der Waals surface area contributed by atoms with Gasteiger partial charge in [0.05, 0.1) is 98.0 Å². The van der Waals surface area contributed by atoms with Crippen molar-refractivity contribution in [1.29, 1.82) is 0 Å². The molecule has 3 fully saturated rings. The summed E-state index contributed by atoms with van der Waals surface area (Å²) in [4.78, 5) is 38.9. The smallest absolute Gasteiger partial charge is 0.272 e. The number of nitrogens with zero attached hydrogens (tertiary/aromatic N) is 6. The zero-order valence-electron chi connectivity index (χ0n) is 56.0. The number of para-hydroxylation sites is 3. The van der Waals surface area contributed by atoms with Gasteiger partial charge in [-0.3, -0.25) is 14.4 Å². The lowest BCUT2D eigenvalue weighted by molar-refractivity contribution is -0.929. The molecule has 3 N–H and O–H groups in total. The van der Waals surface area contributed by atoms with E-state index in [0.717, 1.165) is 148 Å². The fourth-order valence-electron chi connectivity index (χ4n) is 14.4. The first-order valence-electron chi connectivity index (χ1n) is 33.4. The Balaban J connectivity index is 0.000000144. The zero-order chi connectivity index (χ0) is 65.1. The molecule has 93 heavy (non-hydrogen) atoms. The van der Waals surface area contributed by atoms with Gasteiger partial charge in [0.25, 0.3) is 17.7 Å². The van der Waals surface area contributed by atoms with Crippen LogP contribution in [0.25, 0.3) is 32.7 Å². The lowest BCUT2D eigenvalue weighted by Gasteiger charge is -2.40. The SMILES string of the molecule is C[N+](C)(Cc1ccc(NC(=O)c2cn(Cc3ccccc3)c3ccccc23)cc1)C1CCOCC1.Cn1c(C(=O)Nc2ccc(C[N+](C)(C)C3CCCCC3)cc2)cc2ccccc21.Cn1cc(C(=O)Nc2ccc(C[N+](C)(C)C3CCOCC3)cc2)c2ccccc21. The first-order valence-corrected chi connectivity index (χ1v) is 33.4. The summed E-state index contributed by atoms with van der Waals surface area (Å²) >= 11 is 0. The van der Waals surface area contributed by atoms with Gasteiger partial charge < -0.3 is 52.6 Å². The van der Waals surface area contributed by atoms with Crippen molar-refractivity contribution in [3.8, 4) is 0 Å². The Morgan fingerprint density at radius 2 is 0.817 bits per heavy atom. The van der Waals surface area contributed by atoms with E-state index in [2.05, 4.69) is 117 Å². The summed E-state index contributed by atoms with van der Waals surface area (Å²) < 4.78 is 20.1. The molecular weight excluding hydrogens is 1150 g/mol. The molecule has 3 aliphatic rings. The van der Waals surface area contributed by atoms with Crippen molar-refractivity contribution in [2.75, 3.05) is 84.7 Å². The minimum absolute atomic E-state index is 0.0743. The first-order chi connectivity index (χ1) is 44.9. The number of fused-ring (bicyclic) bond motifs is 3. The second-order valence-corrected chi connectivity index (χ2v) is 27.7. The van der Waals surface area contributed by atoms with Crippen LogP contribution in [-0.4, -0.2) is 132 Å². The molecule has 3 aromatic heterocycles. The fraction of sp³-hybridized carbons (Fsp3) is 0.354. The number of ether oxygens (including phenoxy) is 2. The number of nitrogens with one attached hydrogen (secondary N) is 3. The molecule has 2 aliphatic heterocycles. The molecule has 0 spiro atoms. The number of hydrogen-bond acceptors (Lipinski definition) is 5. The molecule has 484 valence electrons. The van der Waals surface area contributed by atoms with E-state index in [9.17, 15) is 14.4 Å². The van der Waals surface area contributed by atoms with Gasteiger partial charge in [-0.05, 0) is 91.9 Å². The average Bonchev–Trinajstić information content (AvgIpc) is 1.76. The highest BCUT2D eigenvalue weighted by Gasteiger charge is 2.33. The molecule has 2 saturated heterocycles. The van der Waals surface area contributed by atoms with Crippen LogP contribution in [-0.2, 0) is 49.7 Å². The summed E-state index contributed by atoms with van der Waals surface area (Å²) in [6.07, 6.45) is 15.1. The van der Waals surface area contributed by atoms with Crippen molar-refractivity contribution >= 4 is 67.5 Å². The molecule has 0 atom stereocenters. The van der Waals surface area contributed by atoms with Gasteiger partial charge in [-0.25, -0.2) is 0 Å². The van der Waals surface area contributed by atoms with Crippen molar-refractivity contribution in [3.63, 3.8) is 0 Å². The number of carbonyl (C=O) groups excluding carboxylic acids is 3. The summed E-state index contributed by atoms with van der Waals surface area (Å²) in [7, 11) is 17.8. The van der Waals surface area contributed by atoms with E-state index in [0.29, 0.717) is 28.9 Å². The maximum absolute atomic E-state index is 13.3. The van der Waals surface area contributed by atoms with Crippen LogP contribution in [0.4, 0.5) is 17.1 Å². The van der Waals surface area contributed by atoms with Gasteiger partial charge in [0.2, 0.25) is 0 Å². The van der Waals surface area contributed by atoms with Crippen LogP contribution in [0.3, 0.4) is 0 Å². The molecule has 7 aromatic carbocycles. The number of anilines is 3. The second kappa shape index (κ2) is 29.5. The van der Waals surface area contributed by atoms with Gasteiger partial charge >= 0.3 is 0 Å². The number of carbonyl (C=O) groups is 3. The summed E-state index contributed by atoms with van der Waals surface area (Å²) in [5, 5.41) is 12.2. The van der Waals surface area contributed by atoms with Gasteiger partial charge in [0, 0.05) is 125 Å². The van der Waals surface area contributed by atoms with E-state index in [-0.39, 0.29) is 17.7 Å². The number of amides is 3. The Morgan fingerprint density at radius 3 is 1.30 bits per heavy atom. The maximum Gasteiger partial charge on any atom is 0.272 e. The van der Waals surface area contributed by atoms with Crippen LogP contribution in [0.5, 0.6) is 0 Å². The van der Waals surface area contributed by atoms with Crippen molar-refractivity contribution < 1.29 is 37.3 Å². The monoisotopic (exact) mass is 1250 g/mol. The van der Waals surface area contributed by atoms with Crippen LogP contribution in [0, 0.1) is 0 Å². The number of aromatic nitrogens is 3. The van der Waals surface area contributed by atoms with Crippen LogP contribution in [0.15, 0.2) is 194 Å². The van der Waals surface area contributed by atoms with E-state index in [1.165, 1.54) is 54.4 Å². The van der Waals surface area contributed by atoms with Gasteiger partial charge in [-0.1, -0.05) is 128 Å². The van der Waals surface area contributed by atoms with Crippen LogP contribution in [0.2, 0.25) is 0 Å². The molecular formula is C79H96N9O5+3. The molecule has 5 heterocycles. The zero-order valence-corrected chi connectivity index (χ0v) is 56.0. The number of quaternary nitrogens is 3. The Bertz CT molecular complexity index is 4120. The Morgan fingerprint density at radius 1 is 0.419 bits per heavy atom. The molecule has 1 saturated carbocycles. The van der Waals surface area contributed by atoms with Gasteiger partial charge in [0.1, 0.15) is 25.3 Å². The molecule has 14 heteroatoms. The molecule has 13 rings (SSSR count). The predicted octanol–water partition coefficient (Wildman–Crippen LogP) is 15.2. The highest BCUT2D eigenvalue weighted by atomic mass is 16.5. The summed E-state index contributed by atoms with van der Waals surface area (Å²) in [5.41, 5.74) is 12.8. The minimum atomic E-state index is -0.0842. The number of hydrogen-bond donors (Lipinski definition) is 3. The van der Waals surface area contributed by atoms with E-state index in [4.69, 9.17) is 9.47 Å². The largest absolute Gasteiger partial charge is 0.381 e. The molecule has 0 unspecified atom stereocenters. The molecule has 1 aliphatic carbocycles. The van der Waals surface area contributed by atoms with Crippen LogP contribution < -0.4 is 16.0 Å². The topological polar surface area (TPSA) is 121 Å². The van der Waals surface area contributed by atoms with Crippen LogP contribution in [0.1, 0.15) is 111 Å². The highest BCUT2D eigenvalue weighted by molar-refractivity contribution is 6.14. The normalized spacial score (nSPS) is 15.3. The van der Waals surface area contributed by atoms with Crippen molar-refractivity contribution in [3.05, 3.63) is 233 Å². The average molecular weight is 1250 g/mol. The summed E-state index contributed by atoms with van der Waals surface area (Å²) in [6, 6.07) is 63.3. The predicted molar refractivity (Wildman–Crippen MR) is 378 cm³/mol. The third kappa shape index (κ3) is 16.4. The molecule has 3 amide bonds. The van der Waals surface area contributed by atoms with Crippen molar-refractivity contribution in [2.24, 2.45) is 14.1 Å². The van der Waals surface area contributed by atoms with Gasteiger partial charge in [-0.2, -0.15) is 0 Å². The standard InChI is InChI=1S/C30H33N3O2.C25H31N3O.C24H29N3O2/c1-33(2,26-16-18-35-19-17-26)22-24-12-14-25(15-13-24)31-30(34)28-21-32(20-23-8-4-3-5-9-23)29-11-7-6-10-27(28)29;1-27-23-12-8-7-9-20(23)17-24(27)25(29)26-21-15-13-19(14-16-21)18-28(2,3)22-10-5-4-6-11-22;1-26-16-22(21-6-4-5-7-23(21)26)24(28)25-19-10-8-18(9-11-19)17-27(2,3)20-12-14-29-15-13-20/h3-15,21,26H,16-20,22H2,1-2H3;7-9,12-17,22H,4-6,10-11,18H2,1-3H3;4-11,16,20H,12-15,17H2,1-3H3/p+3. The third-order valence-corrected chi connectivity index (χ3v) is 19.9. The van der Waals surface area contributed by atoms with E-state index >= 15 is 0 Å². The molecule has 14 nitrogen and oxygen atoms in total. The van der Waals surface area contributed by atoms with Crippen molar-refractivity contribution in [2.45, 2.75) is 102 Å². The quantitative estimate of drug-likeness (QED) is 0.0785. The Hall–Kier alpha value is -8.63. The lowest BCUT2D eigenvalue weighted by Crippen LogP contribution is -2.50. The van der Waals surface area contributed by atoms with E-state index in [1.807, 2.05) is 163 Å². The summed E-state index contributed by atoms with van der Waals surface area (Å²) in [5.74, 6) is -0.235. The van der Waals surface area contributed by atoms with Crippen molar-refractivity contribution in [1.82, 2.24) is 13.7 Å². The lowest BCUT2D eigenvalue weighted by atomic mass is 9.92. The molecule has 0 radical (unpaired) electrons. The minimum Gasteiger partial charge on any atom is -0.381 e. The van der Waals surface area contributed by atoms with E-state index in [1.54, 1.807) is 0 Å². The number of aryl methyl sites for hydroxylation is 2. The number of rotatable bonds is 17. The Kier molecular flexibility index (Phi) is 20.9. The summed E-state index contributed by atoms with van der Waals surface area (Å²) in [6.45, 7) is 7.15. The van der Waals surface area contributed by atoms with E-state index < -0.39 is 0 Å². The van der Waals surface area contributed by atoms with Crippen LogP contribution >= 0.6 is 0 Å². The third-order valence-electron chi connectivity index (χ3n) is 19.9.